The van der Waals surface area contributed by atoms with Crippen molar-refractivity contribution in [3.05, 3.63) is 272 Å². The zero-order valence-electron chi connectivity index (χ0n) is 74.1. The Morgan fingerprint density at radius 1 is 0.350 bits per heavy atom. The molecule has 690 valence electrons. The normalized spacial score (nSPS) is 19.6. The fourth-order valence-electron chi connectivity index (χ4n) is 18.9. The van der Waals surface area contributed by atoms with Crippen LogP contribution in [-0.4, -0.2) is 177 Å². The molecule has 8 aliphatic heterocycles. The Morgan fingerprint density at radius 3 is 1.04 bits per heavy atom. The molecule has 0 bridgehead atoms. The SMILES string of the molecule is CCNc1nnc(-c2ccc3cc([C@]4(CN5Cc6ccc(OC)cc6C5=O)CC(=O)NC4=O)oc3c2)o1.COc1ccc2c(c1)C(=O)N(C[C@@]1(c3cc4cc(-c5ccncc5)ccc4o3)CC(=O)NC1=O)C2.COc1ccc2c(c1)C(=O)N(C[C@@]1(c3cc4cc(Br)ccc4o3)CC(=O)NC1=O)C2.COc1ccc2c(c1)C(=O)N(C[C@@]1(c3cc4ccc(-c5nnc(C)o5)cc4o3)CC(=O)NC1=O)C2. The van der Waals surface area contributed by atoms with Gasteiger partial charge in [-0.2, -0.15) is 0 Å². The number of aryl methyl sites for hydroxylation is 1. The molecule has 37 heteroatoms. The first kappa shape index (κ1) is 88.2. The lowest BCUT2D eigenvalue weighted by Gasteiger charge is -2.28. The van der Waals surface area contributed by atoms with Gasteiger partial charge in [-0.25, -0.2) is 0 Å². The maximum atomic E-state index is 13.2. The topological polar surface area (TPSA) is 458 Å². The van der Waals surface area contributed by atoms with Crippen LogP contribution >= 0.6 is 15.9 Å². The number of carbonyl (C=O) groups is 12. The van der Waals surface area contributed by atoms with Gasteiger partial charge in [-0.15, -0.1) is 15.3 Å². The minimum Gasteiger partial charge on any atom is -0.497 e. The van der Waals surface area contributed by atoms with Gasteiger partial charge in [-0.1, -0.05) is 63.5 Å². The van der Waals surface area contributed by atoms with E-state index >= 15 is 0 Å². The second kappa shape index (κ2) is 34.7. The van der Waals surface area contributed by atoms with Crippen LogP contribution in [0.1, 0.15) is 125 Å². The van der Waals surface area contributed by atoms with E-state index in [1.807, 2.05) is 97.9 Å². The quantitative estimate of drug-likeness (QED) is 0.0417. The van der Waals surface area contributed by atoms with E-state index in [0.29, 0.717) is 158 Å². The average Bonchev–Trinajstić information content (AvgIpc) is 1.46. The third kappa shape index (κ3) is 16.0. The number of benzene rings is 8. The monoisotopic (exact) mass is 1910 g/mol. The number of amides is 12. The van der Waals surface area contributed by atoms with Crippen molar-refractivity contribution in [1.82, 2.24) is 66.2 Å². The highest BCUT2D eigenvalue weighted by Crippen LogP contribution is 2.47. The van der Waals surface area contributed by atoms with Crippen LogP contribution in [0.4, 0.5) is 6.01 Å². The summed E-state index contributed by atoms with van der Waals surface area (Å²) in [5.41, 5.74) is 5.69. The largest absolute Gasteiger partial charge is 0.497 e. The molecule has 0 spiro atoms. The molecular formula is C100H81BrN14O22. The summed E-state index contributed by atoms with van der Waals surface area (Å²) in [6, 6.07) is 54.6. The predicted molar refractivity (Wildman–Crippen MR) is 490 cm³/mol. The standard InChI is InChI=1S/C27H21N3O5.C26H23N5O6.C25H20N4O6.C22H17BrN2O5/c1-34-20-4-2-18-14-30(25(32)21(18)12-20)15-27(13-24(31)29-26(27)33)23-11-19-10-17(3-5-22(19)35-23)16-6-8-28-9-7-16;1-3-27-25-30-29-22(37-25)15-5-4-14-9-20(36-19(14)8-15)26(11-21(32)28-24(26)34)13-31-12-16-6-7-17(35-2)10-18(16)23(31)33;1-13-27-28-22(34-13)15-4-3-14-8-20(35-19(14)7-15)25(10-21(30)26-24(25)32)12-29-11-16-5-6-17(33-2)9-18(16)23(29)31;1-29-15-4-2-12-10-25(20(27)16(12)8-15)11-22(9-19(26)24-21(22)28)18-7-13-6-14(23)3-5-17(13)30-18/h2-12H,13-15H2,1H3,(H,29,31,33);4-10H,3,11-13H2,1-2H3,(H,27,30)(H,28,32,34);3-9H,10-12H2,1-2H3,(H,26,30,32);2-8H,9-11H2,1H3,(H,24,26,28)/t27-;26-;25-;22-/m1111/s1. The number of aromatic nitrogens is 5. The summed E-state index contributed by atoms with van der Waals surface area (Å²) in [4.78, 5) is 165. The number of nitrogens with zero attached hydrogens (tertiary/aromatic N) is 9. The Bertz CT molecular complexity index is 7620. The minimum atomic E-state index is -1.36. The highest BCUT2D eigenvalue weighted by Gasteiger charge is 2.58. The van der Waals surface area contributed by atoms with E-state index in [2.05, 4.69) is 67.9 Å². The van der Waals surface area contributed by atoms with Crippen LogP contribution in [0, 0.1) is 6.92 Å². The summed E-state index contributed by atoms with van der Waals surface area (Å²) in [5, 5.41) is 31.5. The number of hydrogen-bond acceptors (Lipinski definition) is 28. The number of halogens is 1. The van der Waals surface area contributed by atoms with Gasteiger partial charge in [0.15, 0.2) is 0 Å². The van der Waals surface area contributed by atoms with E-state index in [1.165, 1.54) is 14.2 Å². The molecule has 0 saturated carbocycles. The molecule has 12 amide bonds. The van der Waals surface area contributed by atoms with Gasteiger partial charge in [-0.05, 0) is 180 Å². The molecule has 15 aromatic rings. The Kier molecular flexibility index (Phi) is 22.3. The summed E-state index contributed by atoms with van der Waals surface area (Å²) in [5.74, 6) is 0.433. The zero-order chi connectivity index (χ0) is 95.3. The molecule has 4 saturated heterocycles. The lowest BCUT2D eigenvalue weighted by Crippen LogP contribution is -2.46. The second-order valence-corrected chi connectivity index (χ2v) is 35.4. The van der Waals surface area contributed by atoms with E-state index in [1.54, 1.807) is 144 Å². The number of ether oxygens (including phenoxy) is 4. The number of pyridine rings is 1. The van der Waals surface area contributed by atoms with Crippen molar-refractivity contribution in [2.24, 2.45) is 0 Å². The Hall–Kier alpha value is -16.7. The highest BCUT2D eigenvalue weighted by atomic mass is 79.9. The molecule has 8 aromatic carbocycles. The number of anilines is 1. The third-order valence-electron chi connectivity index (χ3n) is 25.9. The summed E-state index contributed by atoms with van der Waals surface area (Å²) in [7, 11) is 6.16. The van der Waals surface area contributed by atoms with Crippen LogP contribution in [0.15, 0.2) is 225 Å². The first-order valence-corrected chi connectivity index (χ1v) is 44.2. The number of fused-ring (bicyclic) bond motifs is 8. The molecule has 0 unspecified atom stereocenters. The van der Waals surface area contributed by atoms with Gasteiger partial charge < -0.3 is 70.4 Å². The van der Waals surface area contributed by atoms with Crippen molar-refractivity contribution in [3.63, 3.8) is 0 Å². The van der Waals surface area contributed by atoms with Gasteiger partial charge in [0.25, 0.3) is 23.6 Å². The molecule has 0 aliphatic carbocycles. The fourth-order valence-corrected chi connectivity index (χ4v) is 19.3. The van der Waals surface area contributed by atoms with Crippen molar-refractivity contribution in [2.75, 3.05) is 66.5 Å². The van der Waals surface area contributed by atoms with Gasteiger partial charge in [0, 0.05) is 138 Å². The van der Waals surface area contributed by atoms with E-state index in [4.69, 9.17) is 45.5 Å². The highest BCUT2D eigenvalue weighted by molar-refractivity contribution is 9.10. The summed E-state index contributed by atoms with van der Waals surface area (Å²) in [6.07, 6.45) is 3.04. The fraction of sp³-hybridized carbons (Fsp3) is 0.230. The maximum Gasteiger partial charge on any atom is 0.315 e. The Labute approximate surface area is 784 Å². The van der Waals surface area contributed by atoms with E-state index in [0.717, 1.165) is 59.4 Å². The molecule has 5 N–H and O–H groups in total. The summed E-state index contributed by atoms with van der Waals surface area (Å²) < 4.78 is 57.4. The number of furan rings is 4. The number of hydrogen-bond donors (Lipinski definition) is 5. The van der Waals surface area contributed by atoms with Gasteiger partial charge >= 0.3 is 6.01 Å². The molecule has 0 radical (unpaired) electrons. The molecule has 137 heavy (non-hydrogen) atoms. The van der Waals surface area contributed by atoms with E-state index < -0.39 is 63.0 Å². The number of methoxy groups -OCH3 is 4. The van der Waals surface area contributed by atoms with Crippen LogP contribution in [-0.2, 0) is 86.2 Å². The first-order chi connectivity index (χ1) is 66.1. The molecule has 4 fully saturated rings. The van der Waals surface area contributed by atoms with Gasteiger partial charge in [0.05, 0.1) is 54.1 Å². The van der Waals surface area contributed by atoms with Crippen molar-refractivity contribution >= 4 is 137 Å². The number of rotatable bonds is 21. The second-order valence-electron chi connectivity index (χ2n) is 34.5. The van der Waals surface area contributed by atoms with Gasteiger partial charge in [0.2, 0.25) is 64.9 Å². The zero-order valence-corrected chi connectivity index (χ0v) is 75.6. The van der Waals surface area contributed by atoms with Gasteiger partial charge in [-0.3, -0.25) is 83.8 Å². The lowest BCUT2D eigenvalue weighted by molar-refractivity contribution is -0.128. The Morgan fingerprint density at radius 2 is 0.693 bits per heavy atom. The average molecular weight is 1910 g/mol. The molecule has 36 nitrogen and oxygen atoms in total. The number of imide groups is 4. The van der Waals surface area contributed by atoms with E-state index in [9.17, 15) is 57.5 Å². The molecule has 4 atom stereocenters. The maximum absolute atomic E-state index is 13.2. The van der Waals surface area contributed by atoms with E-state index in [-0.39, 0.29) is 81.4 Å². The lowest BCUT2D eigenvalue weighted by atomic mass is 9.82. The van der Waals surface area contributed by atoms with Crippen LogP contribution < -0.4 is 45.5 Å². The van der Waals surface area contributed by atoms with Gasteiger partial charge in [0.1, 0.15) is 90.0 Å². The summed E-state index contributed by atoms with van der Waals surface area (Å²) in [6.45, 7) is 5.65. The molecule has 15 heterocycles. The van der Waals surface area contributed by atoms with Crippen molar-refractivity contribution in [1.29, 1.82) is 0 Å². The van der Waals surface area contributed by atoms with Crippen molar-refractivity contribution in [3.8, 4) is 57.0 Å². The van der Waals surface area contributed by atoms with Crippen LogP contribution in [0.25, 0.3) is 77.9 Å². The molecule has 23 rings (SSSR count). The van der Waals surface area contributed by atoms with Crippen LogP contribution in [0.5, 0.6) is 23.0 Å². The number of nitrogens with one attached hydrogen (secondary N) is 5. The van der Waals surface area contributed by atoms with Crippen molar-refractivity contribution in [2.45, 2.75) is 87.4 Å². The van der Waals surface area contributed by atoms with Crippen LogP contribution in [0.2, 0.25) is 0 Å². The molecule has 7 aromatic heterocycles. The smallest absolute Gasteiger partial charge is 0.315 e. The Balaban J connectivity index is 0.000000113. The summed E-state index contributed by atoms with van der Waals surface area (Å²) >= 11 is 3.43. The minimum absolute atomic E-state index is 0.00403. The first-order valence-electron chi connectivity index (χ1n) is 43.4. The van der Waals surface area contributed by atoms with Crippen LogP contribution in [0.3, 0.4) is 0 Å². The third-order valence-corrected chi connectivity index (χ3v) is 26.4. The molecular weight excluding hydrogens is 1830 g/mol. The van der Waals surface area contributed by atoms with Crippen molar-refractivity contribution < 1.29 is 103 Å². The predicted octanol–water partition coefficient (Wildman–Crippen LogP) is 12.2. The molecule has 8 aliphatic rings. The number of carbonyl (C=O) groups excluding carboxylic acids is 12.